The summed E-state index contributed by atoms with van der Waals surface area (Å²) >= 11 is 0. The fourth-order valence-corrected chi connectivity index (χ4v) is 2.53. The third-order valence-corrected chi connectivity index (χ3v) is 3.32. The third kappa shape index (κ3) is 5.28. The lowest BCUT2D eigenvalue weighted by Gasteiger charge is -2.35. The first-order valence-corrected chi connectivity index (χ1v) is 6.74. The number of hydrogen-bond acceptors (Lipinski definition) is 3. The minimum atomic E-state index is -0.233. The molecule has 0 aromatic carbocycles. The second-order valence-corrected chi connectivity index (χ2v) is 4.83. The Morgan fingerprint density at radius 3 is 2.56 bits per heavy atom. The van der Waals surface area contributed by atoms with Crippen LogP contribution in [-0.4, -0.2) is 48.5 Å². The molecule has 0 aromatic heterocycles. The van der Waals surface area contributed by atoms with E-state index >= 15 is 0 Å². The maximum Gasteiger partial charge on any atom is 0.0639 e. The Kier molecular flexibility index (Phi) is 7.01. The van der Waals surface area contributed by atoms with E-state index in [0.29, 0.717) is 6.04 Å². The molecule has 0 heterocycles. The molecule has 16 heavy (non-hydrogen) atoms. The lowest BCUT2D eigenvalue weighted by molar-refractivity contribution is 0.0495. The minimum absolute atomic E-state index is 0.233. The van der Waals surface area contributed by atoms with Gasteiger partial charge in [-0.2, -0.15) is 0 Å². The van der Waals surface area contributed by atoms with Gasteiger partial charge in [-0.25, -0.2) is 0 Å². The summed E-state index contributed by atoms with van der Waals surface area (Å²) in [6.07, 6.45) is 6.41. The average Bonchev–Trinajstić information content (AvgIpc) is 2.29. The zero-order valence-electron chi connectivity index (χ0n) is 10.8. The lowest BCUT2D eigenvalue weighted by atomic mass is 9.94. The van der Waals surface area contributed by atoms with Crippen molar-refractivity contribution in [2.45, 2.75) is 58.1 Å². The highest BCUT2D eigenvalue weighted by atomic mass is 16.5. The van der Waals surface area contributed by atoms with Gasteiger partial charge in [0.05, 0.1) is 12.7 Å². The molecule has 0 spiro atoms. The number of rotatable bonds is 7. The van der Waals surface area contributed by atoms with Gasteiger partial charge in [0.2, 0.25) is 0 Å². The predicted octanol–water partition coefficient (Wildman–Crippen LogP) is 2.04. The van der Waals surface area contributed by atoms with Gasteiger partial charge in [-0.3, -0.25) is 4.90 Å². The third-order valence-electron chi connectivity index (χ3n) is 3.32. The van der Waals surface area contributed by atoms with Gasteiger partial charge in [-0.15, -0.1) is 0 Å². The molecule has 0 aromatic rings. The van der Waals surface area contributed by atoms with Gasteiger partial charge in [-0.05, 0) is 26.7 Å². The van der Waals surface area contributed by atoms with Crippen LogP contribution in [-0.2, 0) is 4.74 Å². The number of hydrogen-bond donors (Lipinski definition) is 1. The first-order chi connectivity index (χ1) is 7.74. The summed E-state index contributed by atoms with van der Waals surface area (Å²) in [5.41, 5.74) is 0. The van der Waals surface area contributed by atoms with E-state index in [9.17, 15) is 5.11 Å². The topological polar surface area (TPSA) is 32.7 Å². The second-order valence-electron chi connectivity index (χ2n) is 4.83. The molecule has 3 nitrogen and oxygen atoms in total. The highest BCUT2D eigenvalue weighted by molar-refractivity contribution is 4.76. The molecule has 1 saturated carbocycles. The van der Waals surface area contributed by atoms with Crippen LogP contribution in [0.2, 0.25) is 0 Å². The number of nitrogens with zero attached hydrogens (tertiary/aromatic N) is 1. The van der Waals surface area contributed by atoms with Crippen molar-refractivity contribution < 1.29 is 9.84 Å². The van der Waals surface area contributed by atoms with Crippen molar-refractivity contribution in [2.24, 2.45) is 0 Å². The zero-order chi connectivity index (χ0) is 11.8. The molecule has 1 unspecified atom stereocenters. The molecule has 1 fully saturated rings. The van der Waals surface area contributed by atoms with Crippen LogP contribution < -0.4 is 0 Å². The first-order valence-electron chi connectivity index (χ1n) is 6.74. The Morgan fingerprint density at radius 1 is 1.31 bits per heavy atom. The normalized spacial score (nSPS) is 20.2. The summed E-state index contributed by atoms with van der Waals surface area (Å²) in [6, 6.07) is 0.670. The van der Waals surface area contributed by atoms with E-state index in [-0.39, 0.29) is 6.10 Å². The van der Waals surface area contributed by atoms with Crippen molar-refractivity contribution in [3.8, 4) is 0 Å². The van der Waals surface area contributed by atoms with Gasteiger partial charge in [0.15, 0.2) is 0 Å². The Morgan fingerprint density at radius 2 is 2.00 bits per heavy atom. The Bertz CT molecular complexity index is 167. The number of aliphatic hydroxyl groups is 1. The average molecular weight is 229 g/mol. The van der Waals surface area contributed by atoms with E-state index in [0.717, 1.165) is 26.3 Å². The van der Waals surface area contributed by atoms with Crippen molar-refractivity contribution >= 4 is 0 Å². The van der Waals surface area contributed by atoms with Crippen molar-refractivity contribution in [1.82, 2.24) is 4.90 Å². The van der Waals surface area contributed by atoms with Crippen LogP contribution in [0, 0.1) is 0 Å². The standard InChI is InChI=1S/C13H27NO2/c1-3-16-10-9-14(11-12(2)15)13-7-5-4-6-8-13/h12-13,15H,3-11H2,1-2H3. The molecular weight excluding hydrogens is 202 g/mol. The zero-order valence-corrected chi connectivity index (χ0v) is 10.8. The molecule has 0 aliphatic heterocycles. The molecule has 0 saturated heterocycles. The first kappa shape index (κ1) is 13.9. The highest BCUT2D eigenvalue weighted by Gasteiger charge is 2.21. The molecule has 1 atom stereocenters. The molecule has 96 valence electrons. The van der Waals surface area contributed by atoms with E-state index < -0.39 is 0 Å². The summed E-state index contributed by atoms with van der Waals surface area (Å²) in [4.78, 5) is 2.42. The largest absolute Gasteiger partial charge is 0.392 e. The van der Waals surface area contributed by atoms with Crippen molar-refractivity contribution in [3.63, 3.8) is 0 Å². The molecule has 1 aliphatic rings. The predicted molar refractivity (Wildman–Crippen MR) is 66.6 cm³/mol. The van der Waals surface area contributed by atoms with Gasteiger partial charge in [0, 0.05) is 25.7 Å². The molecule has 0 radical (unpaired) electrons. The summed E-state index contributed by atoms with van der Waals surface area (Å²) in [5, 5.41) is 9.53. The van der Waals surface area contributed by atoms with E-state index in [2.05, 4.69) is 4.90 Å². The van der Waals surface area contributed by atoms with E-state index in [4.69, 9.17) is 4.74 Å². The summed E-state index contributed by atoms with van der Waals surface area (Å²) in [6.45, 7) is 7.23. The highest BCUT2D eigenvalue weighted by Crippen LogP contribution is 2.22. The van der Waals surface area contributed by atoms with Gasteiger partial charge in [0.1, 0.15) is 0 Å². The van der Waals surface area contributed by atoms with E-state index in [1.165, 1.54) is 32.1 Å². The van der Waals surface area contributed by atoms with Crippen LogP contribution >= 0.6 is 0 Å². The van der Waals surface area contributed by atoms with Crippen molar-refractivity contribution in [1.29, 1.82) is 0 Å². The molecule has 0 bridgehead atoms. The Balaban J connectivity index is 2.34. The molecular formula is C13H27NO2. The number of ether oxygens (including phenoxy) is 1. The quantitative estimate of drug-likeness (QED) is 0.678. The van der Waals surface area contributed by atoms with E-state index in [1.807, 2.05) is 13.8 Å². The second kappa shape index (κ2) is 8.04. The Labute approximate surface area is 99.8 Å². The SMILES string of the molecule is CCOCCN(CC(C)O)C1CCCCC1. The fourth-order valence-electron chi connectivity index (χ4n) is 2.53. The van der Waals surface area contributed by atoms with Crippen LogP contribution in [0.3, 0.4) is 0 Å². The summed E-state index contributed by atoms with van der Waals surface area (Å²) in [7, 11) is 0. The maximum absolute atomic E-state index is 9.53. The molecule has 1 aliphatic carbocycles. The van der Waals surface area contributed by atoms with Crippen molar-refractivity contribution in [2.75, 3.05) is 26.3 Å². The van der Waals surface area contributed by atoms with Gasteiger partial charge in [-0.1, -0.05) is 19.3 Å². The maximum atomic E-state index is 9.53. The molecule has 3 heteroatoms. The molecule has 1 N–H and O–H groups in total. The van der Waals surface area contributed by atoms with Gasteiger partial charge in [0.25, 0.3) is 0 Å². The smallest absolute Gasteiger partial charge is 0.0639 e. The lowest BCUT2D eigenvalue weighted by Crippen LogP contribution is -2.42. The van der Waals surface area contributed by atoms with Gasteiger partial charge >= 0.3 is 0 Å². The summed E-state index contributed by atoms with van der Waals surface area (Å²) < 4.78 is 5.41. The van der Waals surface area contributed by atoms with E-state index in [1.54, 1.807) is 0 Å². The fraction of sp³-hybridized carbons (Fsp3) is 1.00. The summed E-state index contributed by atoms with van der Waals surface area (Å²) in [5.74, 6) is 0. The molecule has 0 amide bonds. The molecule has 1 rings (SSSR count). The van der Waals surface area contributed by atoms with Crippen LogP contribution in [0.5, 0.6) is 0 Å². The number of aliphatic hydroxyl groups excluding tert-OH is 1. The minimum Gasteiger partial charge on any atom is -0.392 e. The van der Waals surface area contributed by atoms with Crippen LogP contribution in [0.1, 0.15) is 46.0 Å². The van der Waals surface area contributed by atoms with Crippen molar-refractivity contribution in [3.05, 3.63) is 0 Å². The Hall–Kier alpha value is -0.120. The monoisotopic (exact) mass is 229 g/mol. The van der Waals surface area contributed by atoms with Gasteiger partial charge < -0.3 is 9.84 Å². The van der Waals surface area contributed by atoms with Crippen LogP contribution in [0.4, 0.5) is 0 Å². The van der Waals surface area contributed by atoms with Crippen LogP contribution in [0.25, 0.3) is 0 Å². The van der Waals surface area contributed by atoms with Crippen LogP contribution in [0.15, 0.2) is 0 Å².